The number of thiophene rings is 1. The maximum absolute atomic E-state index is 4.47. The number of halogens is 1. The van der Waals surface area contributed by atoms with Crippen LogP contribution in [0.5, 0.6) is 0 Å². The van der Waals surface area contributed by atoms with Crippen LogP contribution in [0.3, 0.4) is 0 Å². The summed E-state index contributed by atoms with van der Waals surface area (Å²) in [5, 5.41) is 6.93. The van der Waals surface area contributed by atoms with Crippen molar-refractivity contribution in [1.29, 1.82) is 0 Å². The normalized spacial score (nSPS) is 20.2. The minimum absolute atomic E-state index is 0.335. The fourth-order valence-electron chi connectivity index (χ4n) is 1.85. The zero-order chi connectivity index (χ0) is 10.3. The predicted molar refractivity (Wildman–Crippen MR) is 72.7 cm³/mol. The predicted octanol–water partition coefficient (Wildman–Crippen LogP) is 3.04. The summed E-state index contributed by atoms with van der Waals surface area (Å²) in [7, 11) is 0. The molecule has 0 radical (unpaired) electrons. The quantitative estimate of drug-likeness (QED) is 0.802. The Kier molecular flexibility index (Phi) is 2.80. The Bertz CT molecular complexity index is 477. The van der Waals surface area contributed by atoms with Crippen molar-refractivity contribution in [3.63, 3.8) is 0 Å². The maximum atomic E-state index is 4.47. The molecule has 2 nitrogen and oxygen atoms in total. The molecular weight excluding hydrogens is 339 g/mol. The summed E-state index contributed by atoms with van der Waals surface area (Å²) in [6.45, 7) is 1.06. The van der Waals surface area contributed by atoms with Crippen molar-refractivity contribution < 1.29 is 0 Å². The molecular formula is C10H9IN2S2. The van der Waals surface area contributed by atoms with E-state index < -0.39 is 0 Å². The standard InChI is InChI=1S/C10H9IN2S2/c11-7-5-13-10(15-7)8-9-6(1-3-12-8)2-4-14-9/h2,4-5,8,12H,1,3H2. The van der Waals surface area contributed by atoms with Crippen molar-refractivity contribution in [2.45, 2.75) is 12.5 Å². The Morgan fingerprint density at radius 1 is 1.53 bits per heavy atom. The number of nitrogens with zero attached hydrogens (tertiary/aromatic N) is 1. The van der Waals surface area contributed by atoms with Gasteiger partial charge in [-0.3, -0.25) is 0 Å². The summed E-state index contributed by atoms with van der Waals surface area (Å²) in [5.74, 6) is 0. The van der Waals surface area contributed by atoms with Crippen LogP contribution in [-0.4, -0.2) is 11.5 Å². The summed E-state index contributed by atoms with van der Waals surface area (Å²) >= 11 is 5.95. The molecule has 1 aliphatic rings. The van der Waals surface area contributed by atoms with Crippen molar-refractivity contribution >= 4 is 45.3 Å². The fourth-order valence-corrected chi connectivity index (χ4v) is 4.50. The highest BCUT2D eigenvalue weighted by molar-refractivity contribution is 14.1. The maximum Gasteiger partial charge on any atom is 0.116 e. The molecule has 0 saturated carbocycles. The third-order valence-corrected chi connectivity index (χ3v) is 5.34. The number of hydrogen-bond donors (Lipinski definition) is 1. The van der Waals surface area contributed by atoms with E-state index in [1.807, 2.05) is 17.5 Å². The molecule has 0 spiro atoms. The third kappa shape index (κ3) is 1.86. The van der Waals surface area contributed by atoms with Gasteiger partial charge < -0.3 is 5.32 Å². The van der Waals surface area contributed by atoms with Crippen molar-refractivity contribution in [3.8, 4) is 0 Å². The van der Waals surface area contributed by atoms with Gasteiger partial charge in [0.15, 0.2) is 0 Å². The van der Waals surface area contributed by atoms with Crippen LogP contribution in [0.4, 0.5) is 0 Å². The van der Waals surface area contributed by atoms with Crippen LogP contribution in [0.15, 0.2) is 17.6 Å². The molecule has 3 heterocycles. The molecule has 5 heteroatoms. The van der Waals surface area contributed by atoms with Crippen molar-refractivity contribution in [2.24, 2.45) is 0 Å². The van der Waals surface area contributed by atoms with Gasteiger partial charge in [-0.15, -0.1) is 22.7 Å². The first kappa shape index (κ1) is 10.2. The molecule has 0 saturated heterocycles. The monoisotopic (exact) mass is 348 g/mol. The van der Waals surface area contributed by atoms with Crippen LogP contribution in [0.2, 0.25) is 0 Å². The Morgan fingerprint density at radius 3 is 3.27 bits per heavy atom. The molecule has 3 rings (SSSR count). The summed E-state index contributed by atoms with van der Waals surface area (Å²) in [6.07, 6.45) is 3.10. The molecule has 1 N–H and O–H groups in total. The largest absolute Gasteiger partial charge is 0.303 e. The zero-order valence-corrected chi connectivity index (χ0v) is 11.7. The van der Waals surface area contributed by atoms with Crippen LogP contribution in [0.1, 0.15) is 21.5 Å². The van der Waals surface area contributed by atoms with Gasteiger partial charge in [-0.05, 0) is 46.0 Å². The molecule has 1 aliphatic heterocycles. The molecule has 0 bridgehead atoms. The molecule has 0 fully saturated rings. The Labute approximate surface area is 110 Å². The lowest BCUT2D eigenvalue weighted by Gasteiger charge is -2.21. The van der Waals surface area contributed by atoms with Crippen LogP contribution in [0, 0.1) is 2.88 Å². The lowest BCUT2D eigenvalue weighted by molar-refractivity contribution is 0.576. The summed E-state index contributed by atoms with van der Waals surface area (Å²) in [4.78, 5) is 5.92. The van der Waals surface area contributed by atoms with Gasteiger partial charge >= 0.3 is 0 Å². The summed E-state index contributed by atoms with van der Waals surface area (Å²) in [6, 6.07) is 2.58. The number of nitrogens with one attached hydrogen (secondary N) is 1. The van der Waals surface area contributed by atoms with Crippen molar-refractivity contribution in [2.75, 3.05) is 6.54 Å². The first-order valence-corrected chi connectivity index (χ1v) is 7.53. The summed E-state index contributed by atoms with van der Waals surface area (Å²) < 4.78 is 1.26. The molecule has 2 aromatic rings. The van der Waals surface area contributed by atoms with Gasteiger partial charge in [-0.25, -0.2) is 4.98 Å². The molecule has 1 atom stereocenters. The van der Waals surface area contributed by atoms with E-state index >= 15 is 0 Å². The van der Waals surface area contributed by atoms with E-state index in [9.17, 15) is 0 Å². The molecule has 2 aromatic heterocycles. The lowest BCUT2D eigenvalue weighted by Crippen LogP contribution is -2.29. The van der Waals surface area contributed by atoms with Crippen LogP contribution >= 0.6 is 45.3 Å². The lowest BCUT2D eigenvalue weighted by atomic mass is 10.0. The Hall–Kier alpha value is 0.0200. The molecule has 0 amide bonds. The molecule has 1 unspecified atom stereocenters. The SMILES string of the molecule is Ic1cnc(C2NCCc3ccsc32)s1. The molecule has 15 heavy (non-hydrogen) atoms. The number of aromatic nitrogens is 1. The van der Waals surface area contributed by atoms with Gasteiger partial charge in [0.1, 0.15) is 5.01 Å². The first-order valence-electron chi connectivity index (χ1n) is 4.75. The number of hydrogen-bond acceptors (Lipinski definition) is 4. The highest BCUT2D eigenvalue weighted by atomic mass is 127. The van der Waals surface area contributed by atoms with E-state index in [1.165, 1.54) is 18.3 Å². The van der Waals surface area contributed by atoms with Crippen LogP contribution in [-0.2, 0) is 6.42 Å². The van der Waals surface area contributed by atoms with Crippen LogP contribution < -0.4 is 5.32 Å². The smallest absolute Gasteiger partial charge is 0.116 e. The van der Waals surface area contributed by atoms with Gasteiger partial charge in [0.05, 0.1) is 15.1 Å². The molecule has 0 aromatic carbocycles. The second kappa shape index (κ2) is 4.12. The van der Waals surface area contributed by atoms with Gasteiger partial charge in [0.25, 0.3) is 0 Å². The highest BCUT2D eigenvalue weighted by Gasteiger charge is 2.24. The Morgan fingerprint density at radius 2 is 2.47 bits per heavy atom. The highest BCUT2D eigenvalue weighted by Crippen LogP contribution is 2.34. The number of fused-ring (bicyclic) bond motifs is 1. The second-order valence-electron chi connectivity index (χ2n) is 3.45. The molecule has 78 valence electrons. The van der Waals surface area contributed by atoms with E-state index in [0.29, 0.717) is 6.04 Å². The van der Waals surface area contributed by atoms with Crippen molar-refractivity contribution in [3.05, 3.63) is 36.0 Å². The van der Waals surface area contributed by atoms with Crippen molar-refractivity contribution in [1.82, 2.24) is 10.3 Å². The topological polar surface area (TPSA) is 24.9 Å². The van der Waals surface area contributed by atoms with E-state index in [1.54, 1.807) is 11.3 Å². The van der Waals surface area contributed by atoms with E-state index in [4.69, 9.17) is 0 Å². The van der Waals surface area contributed by atoms with Crippen LogP contribution in [0.25, 0.3) is 0 Å². The van der Waals surface area contributed by atoms with Gasteiger partial charge in [0, 0.05) is 11.4 Å². The van der Waals surface area contributed by atoms with Gasteiger partial charge in [0.2, 0.25) is 0 Å². The zero-order valence-electron chi connectivity index (χ0n) is 7.87. The average molecular weight is 348 g/mol. The van der Waals surface area contributed by atoms with E-state index in [0.717, 1.165) is 13.0 Å². The first-order chi connectivity index (χ1) is 7.34. The summed E-state index contributed by atoms with van der Waals surface area (Å²) in [5.41, 5.74) is 1.49. The molecule has 0 aliphatic carbocycles. The van der Waals surface area contributed by atoms with E-state index in [2.05, 4.69) is 44.3 Å². The Balaban J connectivity index is 2.02. The van der Waals surface area contributed by atoms with Gasteiger partial charge in [-0.2, -0.15) is 0 Å². The van der Waals surface area contributed by atoms with E-state index in [-0.39, 0.29) is 0 Å². The fraction of sp³-hybridized carbons (Fsp3) is 0.300. The average Bonchev–Trinajstić information content (AvgIpc) is 2.84. The third-order valence-electron chi connectivity index (χ3n) is 2.53. The van der Waals surface area contributed by atoms with Gasteiger partial charge in [-0.1, -0.05) is 0 Å². The minimum atomic E-state index is 0.335. The number of rotatable bonds is 1. The second-order valence-corrected chi connectivity index (χ2v) is 7.35. The minimum Gasteiger partial charge on any atom is -0.303 e. The number of thiazole rings is 1.